The van der Waals surface area contributed by atoms with Crippen molar-refractivity contribution in [1.29, 1.82) is 0 Å². The molecule has 8 nitrogen and oxygen atoms in total. The number of hydrogen-bond donors (Lipinski definition) is 2. The minimum atomic E-state index is -3.92. The van der Waals surface area contributed by atoms with Gasteiger partial charge in [0.05, 0.1) is 0 Å². The Balaban J connectivity index is 2.11. The Morgan fingerprint density at radius 1 is 1.25 bits per heavy atom. The van der Waals surface area contributed by atoms with Crippen molar-refractivity contribution in [2.75, 3.05) is 11.9 Å². The number of benzene rings is 1. The first-order valence-electron chi connectivity index (χ1n) is 7.55. The molecule has 1 amide bonds. The van der Waals surface area contributed by atoms with Gasteiger partial charge in [-0.3, -0.25) is 4.79 Å². The van der Waals surface area contributed by atoms with E-state index in [1.54, 1.807) is 30.3 Å². The molecular formula is C15H17N5O3S. The fraction of sp³-hybridized carbons (Fsp3) is 0.267. The zero-order valence-corrected chi connectivity index (χ0v) is 13.9. The third-order valence-corrected chi connectivity index (χ3v) is 5.51. The molecule has 0 unspecified atom stereocenters. The fourth-order valence-corrected chi connectivity index (χ4v) is 4.20. The standard InChI is InChI=1S/C15H17N5O3S/c1-2-3-9-20-14(21)12(18-15-16-10-17-19-15)13(24(20,22)23)11-7-5-4-6-8-11/h4-8,10H,2-3,9H2,1H3,(H2,16,17,18,19). The van der Waals surface area contributed by atoms with Gasteiger partial charge >= 0.3 is 0 Å². The number of aromatic nitrogens is 3. The fourth-order valence-electron chi connectivity index (χ4n) is 2.47. The lowest BCUT2D eigenvalue weighted by molar-refractivity contribution is -0.122. The van der Waals surface area contributed by atoms with Crippen LogP contribution in [0, 0.1) is 0 Å². The molecule has 1 aromatic carbocycles. The van der Waals surface area contributed by atoms with Crippen molar-refractivity contribution >= 4 is 26.8 Å². The van der Waals surface area contributed by atoms with Gasteiger partial charge in [0.1, 0.15) is 16.9 Å². The molecule has 0 aliphatic carbocycles. The SMILES string of the molecule is CCCCN1C(=O)C(Nc2ncn[nH]2)=C(c2ccccc2)S1(=O)=O. The number of rotatable bonds is 6. The number of carbonyl (C=O) groups excluding carboxylic acids is 1. The molecule has 1 aliphatic rings. The maximum absolute atomic E-state index is 12.9. The Labute approximate surface area is 139 Å². The van der Waals surface area contributed by atoms with Gasteiger partial charge in [0.15, 0.2) is 0 Å². The quantitative estimate of drug-likeness (QED) is 0.821. The molecule has 0 saturated heterocycles. The van der Waals surface area contributed by atoms with Gasteiger partial charge in [-0.25, -0.2) is 17.8 Å². The van der Waals surface area contributed by atoms with Gasteiger partial charge in [-0.2, -0.15) is 10.1 Å². The lowest BCUT2D eigenvalue weighted by Crippen LogP contribution is -2.33. The zero-order valence-electron chi connectivity index (χ0n) is 13.1. The summed E-state index contributed by atoms with van der Waals surface area (Å²) in [4.78, 5) is 16.6. The van der Waals surface area contributed by atoms with E-state index in [0.29, 0.717) is 12.0 Å². The van der Waals surface area contributed by atoms with Crippen LogP contribution in [0.5, 0.6) is 0 Å². The smallest absolute Gasteiger partial charge is 0.285 e. The van der Waals surface area contributed by atoms with E-state index in [-0.39, 0.29) is 23.1 Å². The van der Waals surface area contributed by atoms with Crippen LogP contribution in [0.3, 0.4) is 0 Å². The van der Waals surface area contributed by atoms with Crippen LogP contribution in [0.25, 0.3) is 4.91 Å². The van der Waals surface area contributed by atoms with Crippen LogP contribution in [-0.2, 0) is 14.8 Å². The van der Waals surface area contributed by atoms with Crippen LogP contribution < -0.4 is 5.32 Å². The van der Waals surface area contributed by atoms with Crippen LogP contribution in [0.4, 0.5) is 5.95 Å². The monoisotopic (exact) mass is 347 g/mol. The molecule has 3 rings (SSSR count). The number of nitrogens with zero attached hydrogens (tertiary/aromatic N) is 3. The van der Waals surface area contributed by atoms with Crippen LogP contribution in [0.1, 0.15) is 25.3 Å². The summed E-state index contributed by atoms with van der Waals surface area (Å²) in [5, 5.41) is 9.03. The second-order valence-corrected chi connectivity index (χ2v) is 7.06. The van der Waals surface area contributed by atoms with Crippen LogP contribution in [0.2, 0.25) is 0 Å². The molecule has 0 spiro atoms. The van der Waals surface area contributed by atoms with Gasteiger partial charge in [-0.15, -0.1) is 0 Å². The normalized spacial score (nSPS) is 16.7. The van der Waals surface area contributed by atoms with E-state index in [4.69, 9.17) is 0 Å². The van der Waals surface area contributed by atoms with Gasteiger partial charge in [0.25, 0.3) is 15.9 Å². The van der Waals surface area contributed by atoms with Crippen LogP contribution >= 0.6 is 0 Å². The van der Waals surface area contributed by atoms with Gasteiger partial charge in [0, 0.05) is 6.54 Å². The molecule has 0 saturated carbocycles. The average molecular weight is 347 g/mol. The third-order valence-electron chi connectivity index (χ3n) is 3.62. The Hall–Kier alpha value is -2.68. The summed E-state index contributed by atoms with van der Waals surface area (Å²) in [5.41, 5.74) is 0.431. The molecule has 2 heterocycles. The molecule has 0 radical (unpaired) electrons. The molecule has 24 heavy (non-hydrogen) atoms. The van der Waals surface area contributed by atoms with E-state index >= 15 is 0 Å². The predicted molar refractivity (Wildman–Crippen MR) is 88.9 cm³/mol. The van der Waals surface area contributed by atoms with Gasteiger partial charge in [-0.05, 0) is 12.0 Å². The van der Waals surface area contributed by atoms with Crippen LogP contribution in [-0.4, -0.2) is 40.4 Å². The number of sulfonamides is 1. The first kappa shape index (κ1) is 16.2. The van der Waals surface area contributed by atoms with E-state index in [9.17, 15) is 13.2 Å². The van der Waals surface area contributed by atoms with Crippen molar-refractivity contribution in [1.82, 2.24) is 19.5 Å². The number of amides is 1. The number of hydrogen-bond acceptors (Lipinski definition) is 6. The summed E-state index contributed by atoms with van der Waals surface area (Å²) < 4.78 is 26.7. The van der Waals surface area contributed by atoms with E-state index < -0.39 is 15.9 Å². The molecule has 126 valence electrons. The zero-order chi connectivity index (χ0) is 17.2. The lowest BCUT2D eigenvalue weighted by atomic mass is 10.2. The minimum absolute atomic E-state index is 0.0194. The van der Waals surface area contributed by atoms with Crippen molar-refractivity contribution in [3.8, 4) is 0 Å². The summed E-state index contributed by atoms with van der Waals surface area (Å²) in [6.07, 6.45) is 2.65. The second kappa shape index (κ2) is 6.44. The number of nitrogens with one attached hydrogen (secondary N) is 2. The first-order chi connectivity index (χ1) is 11.6. The predicted octanol–water partition coefficient (Wildman–Crippen LogP) is 1.56. The van der Waals surface area contributed by atoms with Gasteiger partial charge in [0.2, 0.25) is 5.95 Å². The summed E-state index contributed by atoms with van der Waals surface area (Å²) in [6.45, 7) is 2.09. The van der Waals surface area contributed by atoms with Crippen molar-refractivity contribution in [3.63, 3.8) is 0 Å². The number of anilines is 1. The number of unbranched alkanes of at least 4 members (excludes halogenated alkanes) is 1. The lowest BCUT2D eigenvalue weighted by Gasteiger charge is -2.15. The average Bonchev–Trinajstić information content (AvgIpc) is 3.13. The number of aromatic amines is 1. The van der Waals surface area contributed by atoms with Gasteiger partial charge < -0.3 is 5.32 Å². The number of H-pyrrole nitrogens is 1. The third kappa shape index (κ3) is 2.78. The maximum Gasteiger partial charge on any atom is 0.285 e. The van der Waals surface area contributed by atoms with Crippen molar-refractivity contribution in [2.45, 2.75) is 19.8 Å². The molecule has 1 aliphatic heterocycles. The minimum Gasteiger partial charge on any atom is -0.319 e. The molecular weight excluding hydrogens is 330 g/mol. The van der Waals surface area contributed by atoms with Crippen LogP contribution in [0.15, 0.2) is 42.4 Å². The summed E-state index contributed by atoms with van der Waals surface area (Å²) in [5.74, 6) is -0.377. The molecule has 2 N–H and O–H groups in total. The highest BCUT2D eigenvalue weighted by Gasteiger charge is 2.44. The van der Waals surface area contributed by atoms with Crippen molar-refractivity contribution in [2.24, 2.45) is 0 Å². The highest BCUT2D eigenvalue weighted by molar-refractivity contribution is 7.99. The second-order valence-electron chi connectivity index (χ2n) is 5.27. The highest BCUT2D eigenvalue weighted by Crippen LogP contribution is 2.35. The first-order valence-corrected chi connectivity index (χ1v) is 8.99. The topological polar surface area (TPSA) is 108 Å². The molecule has 0 atom stereocenters. The van der Waals surface area contributed by atoms with Gasteiger partial charge in [-0.1, -0.05) is 43.7 Å². The Bertz CT molecular complexity index is 860. The maximum atomic E-state index is 12.9. The molecule has 1 aromatic heterocycles. The largest absolute Gasteiger partial charge is 0.319 e. The van der Waals surface area contributed by atoms with E-state index in [1.165, 1.54) is 6.33 Å². The Morgan fingerprint density at radius 2 is 2.00 bits per heavy atom. The molecule has 2 aromatic rings. The van der Waals surface area contributed by atoms with E-state index in [1.807, 2.05) is 6.92 Å². The van der Waals surface area contributed by atoms with Crippen molar-refractivity contribution < 1.29 is 13.2 Å². The summed E-state index contributed by atoms with van der Waals surface area (Å²) in [7, 11) is -3.92. The summed E-state index contributed by atoms with van der Waals surface area (Å²) in [6, 6.07) is 8.55. The summed E-state index contributed by atoms with van der Waals surface area (Å²) >= 11 is 0. The van der Waals surface area contributed by atoms with E-state index in [2.05, 4.69) is 20.5 Å². The molecule has 9 heteroatoms. The Kier molecular flexibility index (Phi) is 4.34. The highest BCUT2D eigenvalue weighted by atomic mass is 32.2. The molecule has 0 bridgehead atoms. The van der Waals surface area contributed by atoms with E-state index in [0.717, 1.165) is 10.7 Å². The number of carbonyl (C=O) groups is 1. The molecule has 0 fully saturated rings. The van der Waals surface area contributed by atoms with Crippen molar-refractivity contribution in [3.05, 3.63) is 47.9 Å². The Morgan fingerprint density at radius 3 is 2.62 bits per heavy atom.